The molecule has 3 heterocycles. The predicted octanol–water partition coefficient (Wildman–Crippen LogP) is 7.94. The van der Waals surface area contributed by atoms with Crippen LogP contribution in [-0.2, 0) is 76.1 Å². The maximum Gasteiger partial charge on any atom is 0.416 e. The third kappa shape index (κ3) is 31.8. The van der Waals surface area contributed by atoms with E-state index in [-0.39, 0.29) is 115 Å². The smallest absolute Gasteiger partial charge is 0.416 e. The molecule has 2 N–H and O–H groups in total. The molecule has 90 heavy (non-hydrogen) atoms. The molecule has 1 saturated heterocycles. The van der Waals surface area contributed by atoms with Crippen LogP contribution in [0.2, 0.25) is 0 Å². The number of hydrogen-bond donors (Lipinski definition) is 2. The maximum atomic E-state index is 14.4. The fourth-order valence-electron chi connectivity index (χ4n) is 8.84. The summed E-state index contributed by atoms with van der Waals surface area (Å²) in [6.45, 7) is 10.3. The number of rotatable bonds is 45. The number of carbonyl (C=O) groups is 5. The Bertz CT molecular complexity index is 2840. The van der Waals surface area contributed by atoms with E-state index in [1.807, 2.05) is 17.9 Å². The summed E-state index contributed by atoms with van der Waals surface area (Å²) in [5.74, 6) is 5.81. The summed E-state index contributed by atoms with van der Waals surface area (Å²) in [6, 6.07) is 12.8. The number of unbranched alkanes of at least 4 members (excludes halogenated alkanes) is 3. The fraction of sp³-hybridized carbons (Fsp3) is 0.578. The Kier molecular flexibility index (Phi) is 36.7. The second-order valence-electron chi connectivity index (χ2n) is 20.7. The number of nitrogens with one attached hydrogen (secondary N) is 2. The number of carbonyl (C=O) groups excluding carboxylic acids is 5. The number of Topliss-reactive ketones (excluding diaryl/α,β-unsaturated/α-hetero) is 1. The quantitative estimate of drug-likeness (QED) is 0.00812. The van der Waals surface area contributed by atoms with E-state index in [4.69, 9.17) is 59.0 Å². The lowest BCUT2D eigenvalue weighted by Crippen LogP contribution is -2.46. The van der Waals surface area contributed by atoms with Crippen LogP contribution in [0.15, 0.2) is 73.1 Å². The number of alkyl halides is 4. The van der Waals surface area contributed by atoms with E-state index < -0.39 is 29.9 Å². The highest BCUT2D eigenvalue weighted by atomic mass is 35.5. The van der Waals surface area contributed by atoms with Gasteiger partial charge in [-0.1, -0.05) is 43.0 Å². The van der Waals surface area contributed by atoms with Crippen LogP contribution in [0.3, 0.4) is 0 Å². The van der Waals surface area contributed by atoms with Crippen molar-refractivity contribution in [1.82, 2.24) is 35.0 Å². The first-order chi connectivity index (χ1) is 43.8. The van der Waals surface area contributed by atoms with Crippen molar-refractivity contribution in [1.29, 1.82) is 0 Å². The number of esters is 2. The molecule has 2 aromatic carbocycles. The number of nitrogens with zero attached hydrogens (tertiary/aromatic N) is 5. The van der Waals surface area contributed by atoms with Crippen molar-refractivity contribution in [3.63, 3.8) is 0 Å². The first-order valence-corrected chi connectivity index (χ1v) is 31.2. The molecule has 4 aromatic rings. The van der Waals surface area contributed by atoms with Gasteiger partial charge in [0.05, 0.1) is 71.2 Å². The molecule has 0 radical (unpaired) electrons. The Morgan fingerprint density at radius 2 is 1.22 bits per heavy atom. The number of amides is 2. The first-order valence-electron chi connectivity index (χ1n) is 30.7. The summed E-state index contributed by atoms with van der Waals surface area (Å²) in [5.41, 5.74) is 2.71. The summed E-state index contributed by atoms with van der Waals surface area (Å²) in [5, 5.41) is 9.55. The number of fused-ring (bicyclic) bond motifs is 1. The minimum atomic E-state index is -4.61. The molecule has 0 saturated carbocycles. The first kappa shape index (κ1) is 74.0. The van der Waals surface area contributed by atoms with Gasteiger partial charge in [0.1, 0.15) is 32.1 Å². The topological polar surface area (TPSA) is 238 Å². The van der Waals surface area contributed by atoms with E-state index in [2.05, 4.69) is 37.5 Å². The number of aryl methyl sites for hydroxylation is 1. The van der Waals surface area contributed by atoms with Gasteiger partial charge < -0.3 is 62.9 Å². The Balaban J connectivity index is 0.768. The Morgan fingerprint density at radius 1 is 0.622 bits per heavy atom. The largest absolute Gasteiger partial charge is 0.463 e. The molecule has 0 unspecified atom stereocenters. The van der Waals surface area contributed by atoms with Crippen LogP contribution in [-0.4, -0.2) is 212 Å². The number of benzene rings is 2. The molecule has 0 aliphatic carbocycles. The number of ketones is 1. The van der Waals surface area contributed by atoms with Crippen molar-refractivity contribution in [2.24, 2.45) is 0 Å². The standard InChI is InChI=1S/C64H87ClF3N7O15/c1-51-15-17-54(48-53(51)19-20-56-49-71-59-12-8-23-72-75(56)59)58(76)47-52-16-18-55(57(46-52)64(66,67)68)50-74-28-26-73(27-29-74)25-11-22-69-62(79)90-45-43-86-40-38-83-31-9-13-60(77)87-33-6-7-34-89-63(80)70-24-35-84-39-41-85-42-44-88-61(78)14-10-32-82-37-36-81-30-5-3-2-4-21-65/h6-8,12,15-18,23,46,48-49H,2-5,9-11,13-14,21-22,24-45,47,50H2,1H3,(H,69,79)(H,70,80)/b7-6+. The van der Waals surface area contributed by atoms with E-state index in [0.717, 1.165) is 37.3 Å². The van der Waals surface area contributed by atoms with Crippen LogP contribution in [0, 0.1) is 18.8 Å². The monoisotopic (exact) mass is 1290 g/mol. The van der Waals surface area contributed by atoms with Gasteiger partial charge in [-0.2, -0.15) is 18.3 Å². The summed E-state index contributed by atoms with van der Waals surface area (Å²) in [4.78, 5) is 69.8. The molecule has 0 atom stereocenters. The van der Waals surface area contributed by atoms with Gasteiger partial charge in [-0.05, 0) is 105 Å². The van der Waals surface area contributed by atoms with Gasteiger partial charge in [0.15, 0.2) is 11.4 Å². The van der Waals surface area contributed by atoms with Crippen molar-refractivity contribution < 1.29 is 84.5 Å². The predicted molar refractivity (Wildman–Crippen MR) is 328 cm³/mol. The van der Waals surface area contributed by atoms with Gasteiger partial charge in [0.2, 0.25) is 0 Å². The lowest BCUT2D eigenvalue weighted by molar-refractivity contribution is -0.146. The average Bonchev–Trinajstić information content (AvgIpc) is 1.36. The zero-order valence-electron chi connectivity index (χ0n) is 51.5. The van der Waals surface area contributed by atoms with Crippen LogP contribution in [0.1, 0.15) is 102 Å². The van der Waals surface area contributed by atoms with Crippen LogP contribution >= 0.6 is 11.6 Å². The van der Waals surface area contributed by atoms with E-state index >= 15 is 0 Å². The van der Waals surface area contributed by atoms with Crippen LogP contribution in [0.4, 0.5) is 22.8 Å². The Labute approximate surface area is 530 Å². The third-order valence-electron chi connectivity index (χ3n) is 13.7. The minimum absolute atomic E-state index is 0.0125. The molecule has 2 amide bonds. The Morgan fingerprint density at radius 3 is 1.92 bits per heavy atom. The third-order valence-corrected chi connectivity index (χ3v) is 14.0. The summed E-state index contributed by atoms with van der Waals surface area (Å²) >= 11 is 5.66. The highest BCUT2D eigenvalue weighted by molar-refractivity contribution is 6.17. The number of piperazine rings is 1. The van der Waals surface area contributed by atoms with Crippen molar-refractivity contribution in [3.8, 4) is 11.8 Å². The molecule has 5 rings (SSSR count). The molecule has 1 fully saturated rings. The van der Waals surface area contributed by atoms with Gasteiger partial charge in [0.25, 0.3) is 0 Å². The molecule has 1 aliphatic rings. The van der Waals surface area contributed by atoms with E-state index in [1.54, 1.807) is 59.4 Å². The van der Waals surface area contributed by atoms with Crippen LogP contribution in [0.5, 0.6) is 0 Å². The number of hydrogen-bond acceptors (Lipinski definition) is 19. The fourth-order valence-corrected chi connectivity index (χ4v) is 9.03. The van der Waals surface area contributed by atoms with E-state index in [0.29, 0.717) is 133 Å². The molecular formula is C64H87ClF3N7O15. The number of aromatic nitrogens is 3. The number of halogens is 4. The van der Waals surface area contributed by atoms with Gasteiger partial charge in [-0.3, -0.25) is 19.3 Å². The van der Waals surface area contributed by atoms with Crippen LogP contribution in [0.25, 0.3) is 5.65 Å². The average molecular weight is 1290 g/mol. The lowest BCUT2D eigenvalue weighted by atomic mass is 9.96. The summed E-state index contributed by atoms with van der Waals surface area (Å²) < 4.78 is 98.2. The molecule has 1 aliphatic heterocycles. The summed E-state index contributed by atoms with van der Waals surface area (Å²) in [7, 11) is 0. The van der Waals surface area contributed by atoms with Gasteiger partial charge in [-0.25, -0.2) is 19.1 Å². The molecular weight excluding hydrogens is 1200 g/mol. The molecule has 22 nitrogen and oxygen atoms in total. The van der Waals surface area contributed by atoms with Gasteiger partial charge in [-0.15, -0.1) is 11.6 Å². The van der Waals surface area contributed by atoms with Crippen molar-refractivity contribution in [2.45, 2.75) is 83.9 Å². The zero-order chi connectivity index (χ0) is 64.3. The molecule has 26 heteroatoms. The minimum Gasteiger partial charge on any atom is -0.463 e. The summed E-state index contributed by atoms with van der Waals surface area (Å²) in [6.07, 6.45) is 6.73. The second-order valence-corrected chi connectivity index (χ2v) is 21.1. The normalized spacial score (nSPS) is 12.9. The van der Waals surface area contributed by atoms with Crippen molar-refractivity contribution >= 4 is 47.2 Å². The number of imidazole rings is 1. The van der Waals surface area contributed by atoms with Crippen LogP contribution < -0.4 is 10.6 Å². The second kappa shape index (κ2) is 44.7. The van der Waals surface area contributed by atoms with E-state index in [1.165, 1.54) is 6.07 Å². The molecule has 496 valence electrons. The zero-order valence-corrected chi connectivity index (χ0v) is 52.3. The Hall–Kier alpha value is -6.73. The van der Waals surface area contributed by atoms with Gasteiger partial charge >= 0.3 is 30.3 Å². The van der Waals surface area contributed by atoms with E-state index in [9.17, 15) is 37.1 Å². The molecule has 2 aromatic heterocycles. The number of ether oxygens (including phenoxy) is 10. The highest BCUT2D eigenvalue weighted by Gasteiger charge is 2.34. The maximum absolute atomic E-state index is 14.4. The SMILES string of the molecule is Cc1ccc(C(=O)Cc2ccc(CN3CCN(CCCNC(=O)OCCOCCOCCCC(=O)OC/C=C/COC(=O)NCCOCCOCCOC(=O)CCCOCCOCCCCCCCl)CC3)c(C(F)(F)F)c2)cc1C#Cc1cnc2cccnn12. The number of alkyl carbamates (subject to hydrolysis) is 2. The molecule has 0 spiro atoms. The highest BCUT2D eigenvalue weighted by Crippen LogP contribution is 2.34. The van der Waals surface area contributed by atoms with Crippen molar-refractivity contribution in [3.05, 3.63) is 112 Å². The van der Waals surface area contributed by atoms with Crippen molar-refractivity contribution in [2.75, 3.05) is 157 Å². The molecule has 0 bridgehead atoms. The lowest BCUT2D eigenvalue weighted by Gasteiger charge is -2.35. The van der Waals surface area contributed by atoms with Gasteiger partial charge in [0, 0.05) is 108 Å².